The third kappa shape index (κ3) is 11.2. The molecule has 0 saturated carbocycles. The Morgan fingerprint density at radius 2 is 1.79 bits per heavy atom. The first-order valence-corrected chi connectivity index (χ1v) is 13.9. The monoisotopic (exact) mass is 571 g/mol. The van der Waals surface area contributed by atoms with Crippen LogP contribution in [0, 0.1) is 23.2 Å². The summed E-state index contributed by atoms with van der Waals surface area (Å²) < 4.78 is 16.3. The van der Waals surface area contributed by atoms with Gasteiger partial charge in [0.25, 0.3) is 5.91 Å². The highest BCUT2D eigenvalue weighted by Crippen LogP contribution is 2.34. The predicted molar refractivity (Wildman–Crippen MR) is 155 cm³/mol. The molecule has 1 fully saturated rings. The van der Waals surface area contributed by atoms with Crippen LogP contribution < -0.4 is 21.1 Å². The molecule has 1 aromatic carbocycles. The number of amides is 2. The number of para-hydroxylation sites is 1. The number of carbonyl (C=O) groups excluding carboxylic acids is 2. The summed E-state index contributed by atoms with van der Waals surface area (Å²) in [6.45, 7) is 11.0. The van der Waals surface area contributed by atoms with Crippen molar-refractivity contribution >= 4 is 24.2 Å². The van der Waals surface area contributed by atoms with Gasteiger partial charge in [-0.3, -0.25) is 9.59 Å². The van der Waals surface area contributed by atoms with Gasteiger partial charge in [-0.05, 0) is 49.1 Å². The van der Waals surface area contributed by atoms with Gasteiger partial charge in [-0.15, -0.1) is 12.4 Å². The molecule has 0 spiro atoms. The molecule has 0 unspecified atom stereocenters. The van der Waals surface area contributed by atoms with E-state index in [0.717, 1.165) is 19.3 Å². The van der Waals surface area contributed by atoms with E-state index < -0.39 is 17.6 Å². The molecular weight excluding hydrogens is 522 g/mol. The molecule has 9 nitrogen and oxygen atoms in total. The number of aliphatic hydroxyl groups excluding tert-OH is 1. The van der Waals surface area contributed by atoms with Gasteiger partial charge in [0, 0.05) is 57.9 Å². The highest BCUT2D eigenvalue weighted by molar-refractivity contribution is 5.96. The summed E-state index contributed by atoms with van der Waals surface area (Å²) in [5.41, 5.74) is 6.29. The van der Waals surface area contributed by atoms with E-state index in [-0.39, 0.29) is 48.5 Å². The van der Waals surface area contributed by atoms with Crippen molar-refractivity contribution in [1.29, 1.82) is 0 Å². The Bertz CT molecular complexity index is 863. The predicted octanol–water partition coefficient (Wildman–Crippen LogP) is 3.17. The lowest BCUT2D eigenvalue weighted by molar-refractivity contribution is -0.134. The van der Waals surface area contributed by atoms with E-state index in [1.807, 2.05) is 19.9 Å². The summed E-state index contributed by atoms with van der Waals surface area (Å²) in [5, 5.41) is 16.6. The van der Waals surface area contributed by atoms with E-state index in [0.29, 0.717) is 50.7 Å². The molecule has 2 rings (SSSR count). The molecule has 0 bridgehead atoms. The van der Waals surface area contributed by atoms with Crippen LogP contribution in [-0.4, -0.2) is 75.7 Å². The van der Waals surface area contributed by atoms with Gasteiger partial charge < -0.3 is 35.7 Å². The molecule has 0 aromatic heterocycles. The quantitative estimate of drug-likeness (QED) is 0.224. The molecule has 10 heteroatoms. The number of aliphatic hydroxyl groups is 1. The third-order valence-corrected chi connectivity index (χ3v) is 7.72. The Hall–Kier alpha value is -1.91. The van der Waals surface area contributed by atoms with Gasteiger partial charge in [0.15, 0.2) is 0 Å². The minimum Gasteiger partial charge on any atom is -0.493 e. The van der Waals surface area contributed by atoms with E-state index in [9.17, 15) is 14.7 Å². The van der Waals surface area contributed by atoms with Gasteiger partial charge in [0.05, 0.1) is 18.3 Å². The zero-order chi connectivity index (χ0) is 28.1. The largest absolute Gasteiger partial charge is 0.493 e. The number of ether oxygens (including phenoxy) is 3. The Labute approximate surface area is 240 Å². The van der Waals surface area contributed by atoms with Crippen LogP contribution in [0.5, 0.6) is 5.75 Å². The Balaban J connectivity index is 0.00000760. The fourth-order valence-electron chi connectivity index (χ4n) is 4.76. The van der Waals surface area contributed by atoms with E-state index in [4.69, 9.17) is 19.9 Å². The van der Waals surface area contributed by atoms with Gasteiger partial charge in [-0.25, -0.2) is 0 Å². The molecule has 0 aliphatic carbocycles. The molecule has 1 heterocycles. The maximum Gasteiger partial charge on any atom is 0.255 e. The normalized spacial score (nSPS) is 16.6. The van der Waals surface area contributed by atoms with Crippen LogP contribution in [0.25, 0.3) is 0 Å². The van der Waals surface area contributed by atoms with Crippen molar-refractivity contribution in [1.82, 2.24) is 10.6 Å². The lowest BCUT2D eigenvalue weighted by Gasteiger charge is -2.36. The first-order chi connectivity index (χ1) is 18.1. The van der Waals surface area contributed by atoms with Crippen molar-refractivity contribution in [3.63, 3.8) is 0 Å². The van der Waals surface area contributed by atoms with Crippen LogP contribution in [0.4, 0.5) is 0 Å². The highest BCUT2D eigenvalue weighted by Gasteiger charge is 2.37. The fourth-order valence-corrected chi connectivity index (χ4v) is 4.76. The van der Waals surface area contributed by atoms with Crippen LogP contribution in [-0.2, 0) is 14.3 Å². The number of benzene rings is 1. The average molecular weight is 572 g/mol. The van der Waals surface area contributed by atoms with E-state index in [1.54, 1.807) is 25.3 Å². The molecule has 1 aromatic rings. The first-order valence-electron chi connectivity index (χ1n) is 13.9. The maximum absolute atomic E-state index is 13.0. The molecule has 1 saturated heterocycles. The summed E-state index contributed by atoms with van der Waals surface area (Å²) in [5.74, 6) is 0.774. The van der Waals surface area contributed by atoms with E-state index in [2.05, 4.69) is 24.5 Å². The Morgan fingerprint density at radius 1 is 1.13 bits per heavy atom. The SMILES string of the molecule is COCCCOc1ccccc1C(=O)NC[C@@H](C[C@H](N)[C@@H](O)CNC(=O)C(C)(C)C1CCOCC1)C(C)C.Cl. The smallest absolute Gasteiger partial charge is 0.255 e. The fraction of sp³-hybridized carbons (Fsp3) is 0.724. The van der Waals surface area contributed by atoms with Crippen LogP contribution in [0.2, 0.25) is 0 Å². The van der Waals surface area contributed by atoms with Crippen LogP contribution in [0.3, 0.4) is 0 Å². The third-order valence-electron chi connectivity index (χ3n) is 7.72. The molecule has 1 aliphatic heterocycles. The number of hydrogen-bond acceptors (Lipinski definition) is 7. The van der Waals surface area contributed by atoms with Crippen molar-refractivity contribution in [2.75, 3.05) is 46.6 Å². The standard InChI is InChI=1S/C29H49N3O6.ClH/c1-20(2)21(18-31-27(34)23-9-6-7-10-26(23)38-14-8-13-36-5)17-24(30)25(33)19-32-28(35)29(3,4)22-11-15-37-16-12-22;/h6-7,9-10,20-22,24-25,33H,8,11-19,30H2,1-5H3,(H,31,34)(H,32,35);1H/t21-,24+,25+;/m1./s1. The highest BCUT2D eigenvalue weighted by atomic mass is 35.5. The molecule has 0 radical (unpaired) electrons. The number of rotatable bonds is 16. The van der Waals surface area contributed by atoms with Crippen molar-refractivity contribution in [2.45, 2.75) is 65.5 Å². The molecule has 224 valence electrons. The van der Waals surface area contributed by atoms with Crippen molar-refractivity contribution in [3.05, 3.63) is 29.8 Å². The average Bonchev–Trinajstić information content (AvgIpc) is 2.91. The second-order valence-electron chi connectivity index (χ2n) is 11.2. The van der Waals surface area contributed by atoms with E-state index in [1.165, 1.54) is 0 Å². The maximum atomic E-state index is 13.0. The topological polar surface area (TPSA) is 132 Å². The van der Waals surface area contributed by atoms with Crippen LogP contribution in [0.1, 0.15) is 63.7 Å². The number of carbonyl (C=O) groups is 2. The zero-order valence-electron chi connectivity index (χ0n) is 24.2. The van der Waals surface area contributed by atoms with E-state index >= 15 is 0 Å². The molecule has 39 heavy (non-hydrogen) atoms. The number of methoxy groups -OCH3 is 1. The summed E-state index contributed by atoms with van der Waals surface area (Å²) in [7, 11) is 1.64. The van der Waals surface area contributed by atoms with Crippen LogP contribution in [0.15, 0.2) is 24.3 Å². The number of nitrogens with one attached hydrogen (secondary N) is 2. The molecule has 3 atom stereocenters. The lowest BCUT2D eigenvalue weighted by atomic mass is 9.74. The molecule has 1 aliphatic rings. The second-order valence-corrected chi connectivity index (χ2v) is 11.2. The minimum atomic E-state index is -0.886. The van der Waals surface area contributed by atoms with Gasteiger partial charge in [-0.2, -0.15) is 0 Å². The first kappa shape index (κ1) is 35.1. The molecule has 5 N–H and O–H groups in total. The van der Waals surface area contributed by atoms with Crippen molar-refractivity contribution in [2.24, 2.45) is 28.9 Å². The molecule has 2 amide bonds. The van der Waals surface area contributed by atoms with Crippen molar-refractivity contribution in [3.8, 4) is 5.75 Å². The number of nitrogens with two attached hydrogens (primary N) is 1. The second kappa shape index (κ2) is 17.7. The lowest BCUT2D eigenvalue weighted by Crippen LogP contribution is -2.50. The number of halogens is 1. The van der Waals surface area contributed by atoms with Gasteiger partial charge >= 0.3 is 0 Å². The molecular formula is C29H50ClN3O6. The Morgan fingerprint density at radius 3 is 2.44 bits per heavy atom. The summed E-state index contributed by atoms with van der Waals surface area (Å²) >= 11 is 0. The number of hydrogen-bond donors (Lipinski definition) is 4. The van der Waals surface area contributed by atoms with Gasteiger partial charge in [0.2, 0.25) is 5.91 Å². The van der Waals surface area contributed by atoms with Gasteiger partial charge in [-0.1, -0.05) is 39.8 Å². The minimum absolute atomic E-state index is 0. The van der Waals surface area contributed by atoms with Crippen molar-refractivity contribution < 1.29 is 28.9 Å². The summed E-state index contributed by atoms with van der Waals surface area (Å²) in [6.07, 6.45) is 2.06. The summed E-state index contributed by atoms with van der Waals surface area (Å²) in [4.78, 5) is 25.8. The Kier molecular flexibility index (Phi) is 15.9. The van der Waals surface area contributed by atoms with Crippen LogP contribution >= 0.6 is 12.4 Å². The zero-order valence-corrected chi connectivity index (χ0v) is 25.1. The summed E-state index contributed by atoms with van der Waals surface area (Å²) in [6, 6.07) is 6.63. The van der Waals surface area contributed by atoms with Gasteiger partial charge in [0.1, 0.15) is 5.75 Å².